The largest absolute Gasteiger partial charge is 0.478 e. The first-order chi connectivity index (χ1) is 13.3. The van der Waals surface area contributed by atoms with Gasteiger partial charge in [0.2, 0.25) is 0 Å². The number of carboxylic acid groups (broad SMARTS) is 1. The maximum atomic E-state index is 11.0. The van der Waals surface area contributed by atoms with Gasteiger partial charge in [-0.15, -0.1) is 0 Å². The average Bonchev–Trinajstić information content (AvgIpc) is 2.95. The van der Waals surface area contributed by atoms with E-state index in [2.05, 4.69) is 6.07 Å². The summed E-state index contributed by atoms with van der Waals surface area (Å²) in [7, 11) is 0. The molecule has 4 nitrogen and oxygen atoms in total. The Morgan fingerprint density at radius 1 is 1.07 bits per heavy atom. The third-order valence-electron chi connectivity index (χ3n) is 4.48. The minimum Gasteiger partial charge on any atom is -0.478 e. The Kier molecular flexibility index (Phi) is 5.60. The molecule has 0 amide bonds. The van der Waals surface area contributed by atoms with E-state index in [1.165, 1.54) is 12.1 Å². The van der Waals surface area contributed by atoms with Crippen molar-refractivity contribution in [2.24, 2.45) is 0 Å². The molecule has 0 bridgehead atoms. The molecule has 0 aliphatic carbocycles. The molecule has 1 heterocycles. The molecule has 2 aromatic carbocycles. The number of carbonyl (C=O) groups is 1. The first kappa shape index (κ1) is 19.8. The Morgan fingerprint density at radius 3 is 2.32 bits per heavy atom. The third kappa shape index (κ3) is 3.82. The zero-order valence-electron chi connectivity index (χ0n) is 15.2. The number of carboxylic acids is 1. The second-order valence-electron chi connectivity index (χ2n) is 6.31. The van der Waals surface area contributed by atoms with Crippen LogP contribution in [-0.4, -0.2) is 15.6 Å². The summed E-state index contributed by atoms with van der Waals surface area (Å²) in [5, 5.41) is 19.8. The van der Waals surface area contributed by atoms with Crippen molar-refractivity contribution in [2.45, 2.75) is 13.8 Å². The summed E-state index contributed by atoms with van der Waals surface area (Å²) < 4.78 is 1.99. The second kappa shape index (κ2) is 7.93. The number of aromatic nitrogens is 1. The Balaban J connectivity index is 2.08. The summed E-state index contributed by atoms with van der Waals surface area (Å²) in [4.78, 5) is 11.0. The molecule has 0 aliphatic rings. The van der Waals surface area contributed by atoms with Gasteiger partial charge >= 0.3 is 5.97 Å². The topological polar surface area (TPSA) is 66.0 Å². The van der Waals surface area contributed by atoms with Crippen LogP contribution in [0.25, 0.3) is 17.3 Å². The van der Waals surface area contributed by atoms with Crippen LogP contribution in [0.4, 0.5) is 0 Å². The summed E-state index contributed by atoms with van der Waals surface area (Å²) >= 11 is 12.5. The highest BCUT2D eigenvalue weighted by atomic mass is 35.5. The molecule has 140 valence electrons. The molecule has 28 heavy (non-hydrogen) atoms. The molecular formula is C22H16Cl2N2O2. The number of benzene rings is 2. The molecule has 0 saturated heterocycles. The average molecular weight is 411 g/mol. The van der Waals surface area contributed by atoms with E-state index >= 15 is 0 Å². The van der Waals surface area contributed by atoms with E-state index in [1.54, 1.807) is 36.4 Å². The monoisotopic (exact) mass is 410 g/mol. The van der Waals surface area contributed by atoms with Crippen LogP contribution in [0.15, 0.2) is 48.5 Å². The van der Waals surface area contributed by atoms with E-state index in [0.717, 1.165) is 22.6 Å². The standard InChI is InChI=1S/C22H16Cl2N2O2/c1-13-9-17(14(2)26(13)21-11-19(23)7-8-20(21)24)10-18(12-25)15-3-5-16(6-4-15)22(27)28/h3-11H,1-2H3,(H,27,28)/b18-10-. The van der Waals surface area contributed by atoms with Crippen LogP contribution in [0.2, 0.25) is 10.0 Å². The van der Waals surface area contributed by atoms with Crippen molar-refractivity contribution in [1.82, 2.24) is 4.57 Å². The Labute approximate surface area is 172 Å². The van der Waals surface area contributed by atoms with Crippen LogP contribution >= 0.6 is 23.2 Å². The lowest BCUT2D eigenvalue weighted by Crippen LogP contribution is -2.00. The van der Waals surface area contributed by atoms with Crippen LogP contribution in [0.5, 0.6) is 0 Å². The maximum Gasteiger partial charge on any atom is 0.335 e. The lowest BCUT2D eigenvalue weighted by Gasteiger charge is -2.12. The highest BCUT2D eigenvalue weighted by molar-refractivity contribution is 6.34. The maximum absolute atomic E-state index is 11.0. The number of aromatic carboxylic acids is 1. The summed E-state index contributed by atoms with van der Waals surface area (Å²) in [5.74, 6) is -1.00. The number of halogens is 2. The molecule has 0 radical (unpaired) electrons. The molecule has 3 aromatic rings. The molecule has 3 rings (SSSR count). The molecule has 1 aromatic heterocycles. The van der Waals surface area contributed by atoms with Crippen LogP contribution in [0.3, 0.4) is 0 Å². The molecule has 0 saturated carbocycles. The minimum absolute atomic E-state index is 0.176. The summed E-state index contributed by atoms with van der Waals surface area (Å²) in [6.45, 7) is 3.90. The van der Waals surface area contributed by atoms with Gasteiger partial charge in [-0.1, -0.05) is 35.3 Å². The van der Waals surface area contributed by atoms with Crippen molar-refractivity contribution < 1.29 is 9.90 Å². The van der Waals surface area contributed by atoms with Crippen molar-refractivity contribution in [2.75, 3.05) is 0 Å². The lowest BCUT2D eigenvalue weighted by atomic mass is 10.0. The zero-order valence-corrected chi connectivity index (χ0v) is 16.7. The van der Waals surface area contributed by atoms with Crippen molar-refractivity contribution in [1.29, 1.82) is 5.26 Å². The minimum atomic E-state index is -1.00. The predicted molar refractivity (Wildman–Crippen MR) is 112 cm³/mol. The van der Waals surface area contributed by atoms with Gasteiger partial charge in [-0.2, -0.15) is 5.26 Å². The van der Waals surface area contributed by atoms with Gasteiger partial charge in [0.05, 0.1) is 27.9 Å². The lowest BCUT2D eigenvalue weighted by molar-refractivity contribution is 0.0697. The highest BCUT2D eigenvalue weighted by Crippen LogP contribution is 2.30. The highest BCUT2D eigenvalue weighted by Gasteiger charge is 2.14. The van der Waals surface area contributed by atoms with E-state index in [-0.39, 0.29) is 5.56 Å². The van der Waals surface area contributed by atoms with Crippen molar-refractivity contribution in [3.05, 3.63) is 86.7 Å². The fourth-order valence-electron chi connectivity index (χ4n) is 3.09. The van der Waals surface area contributed by atoms with Crippen molar-refractivity contribution in [3.8, 4) is 11.8 Å². The van der Waals surface area contributed by atoms with Crippen molar-refractivity contribution >= 4 is 40.8 Å². The van der Waals surface area contributed by atoms with Crippen LogP contribution in [0, 0.1) is 25.2 Å². The van der Waals surface area contributed by atoms with E-state index in [4.69, 9.17) is 28.3 Å². The number of hydrogen-bond acceptors (Lipinski definition) is 2. The second-order valence-corrected chi connectivity index (χ2v) is 7.15. The van der Waals surface area contributed by atoms with Gasteiger partial charge < -0.3 is 9.67 Å². The number of rotatable bonds is 4. The first-order valence-electron chi connectivity index (χ1n) is 8.41. The van der Waals surface area contributed by atoms with Gasteiger partial charge in [0.25, 0.3) is 0 Å². The normalized spacial score (nSPS) is 11.3. The van der Waals surface area contributed by atoms with E-state index in [1.807, 2.05) is 24.5 Å². The van der Waals surface area contributed by atoms with Gasteiger partial charge in [-0.3, -0.25) is 0 Å². The fraction of sp³-hybridized carbons (Fsp3) is 0.0909. The smallest absolute Gasteiger partial charge is 0.335 e. The van der Waals surface area contributed by atoms with Gasteiger partial charge in [-0.05, 0) is 67.4 Å². The van der Waals surface area contributed by atoms with E-state index in [0.29, 0.717) is 21.2 Å². The van der Waals surface area contributed by atoms with E-state index in [9.17, 15) is 10.1 Å². The number of hydrogen-bond donors (Lipinski definition) is 1. The van der Waals surface area contributed by atoms with Gasteiger partial charge in [0.15, 0.2) is 0 Å². The molecule has 0 spiro atoms. The molecule has 0 unspecified atom stereocenters. The number of nitrogens with zero attached hydrogens (tertiary/aromatic N) is 2. The molecule has 6 heteroatoms. The molecule has 1 N–H and O–H groups in total. The van der Waals surface area contributed by atoms with Gasteiger partial charge in [0, 0.05) is 16.4 Å². The molecule has 0 fully saturated rings. The molecule has 0 aliphatic heterocycles. The predicted octanol–water partition coefficient (Wildman–Crippen LogP) is 6.16. The number of allylic oxidation sites excluding steroid dienone is 1. The van der Waals surface area contributed by atoms with Crippen LogP contribution in [-0.2, 0) is 0 Å². The van der Waals surface area contributed by atoms with Crippen molar-refractivity contribution in [3.63, 3.8) is 0 Å². The zero-order chi connectivity index (χ0) is 20.4. The molecule has 0 atom stereocenters. The Bertz CT molecular complexity index is 1140. The Hall–Kier alpha value is -3.00. The SMILES string of the molecule is Cc1cc(/C=C(/C#N)c2ccc(C(=O)O)cc2)c(C)n1-c1cc(Cl)ccc1Cl. The van der Waals surface area contributed by atoms with E-state index < -0.39 is 5.97 Å². The number of nitriles is 1. The third-order valence-corrected chi connectivity index (χ3v) is 5.04. The number of aryl methyl sites for hydroxylation is 1. The van der Waals surface area contributed by atoms with Gasteiger partial charge in [-0.25, -0.2) is 4.79 Å². The summed E-state index contributed by atoms with van der Waals surface area (Å²) in [6.07, 6.45) is 1.78. The quantitative estimate of drug-likeness (QED) is 0.523. The van der Waals surface area contributed by atoms with Crippen LogP contribution < -0.4 is 0 Å². The summed E-state index contributed by atoms with van der Waals surface area (Å²) in [5.41, 5.74) is 4.77. The summed E-state index contributed by atoms with van der Waals surface area (Å²) in [6, 6.07) is 15.7. The molecular weight excluding hydrogens is 395 g/mol. The Morgan fingerprint density at radius 2 is 1.71 bits per heavy atom. The first-order valence-corrected chi connectivity index (χ1v) is 9.17. The van der Waals surface area contributed by atoms with Crippen LogP contribution in [0.1, 0.15) is 32.9 Å². The van der Waals surface area contributed by atoms with Gasteiger partial charge in [0.1, 0.15) is 0 Å². The fourth-order valence-corrected chi connectivity index (χ4v) is 3.46.